The summed E-state index contributed by atoms with van der Waals surface area (Å²) < 4.78 is 1.80. The second-order valence-electron chi connectivity index (χ2n) is 5.58. The number of para-hydroxylation sites is 2. The number of nitrogens with one attached hydrogen (secondary N) is 2. The van der Waals surface area contributed by atoms with Crippen molar-refractivity contribution in [3.05, 3.63) is 40.6 Å². The molecule has 6 nitrogen and oxygen atoms in total. The van der Waals surface area contributed by atoms with Crippen LogP contribution in [-0.2, 0) is 6.54 Å². The number of hydrogen-bond acceptors (Lipinski definition) is 4. The molecule has 2 aromatic heterocycles. The molecule has 1 aromatic carbocycles. The maximum Gasteiger partial charge on any atom is 0.326 e. The Morgan fingerprint density at radius 2 is 2.18 bits per heavy atom. The van der Waals surface area contributed by atoms with Crippen LogP contribution in [0.15, 0.2) is 34.2 Å². The van der Waals surface area contributed by atoms with Gasteiger partial charge in [-0.1, -0.05) is 23.9 Å². The number of fused-ring (bicyclic) bond motifs is 1. The van der Waals surface area contributed by atoms with Crippen molar-refractivity contribution in [2.45, 2.75) is 36.9 Å². The summed E-state index contributed by atoms with van der Waals surface area (Å²) >= 11 is 1.64. The van der Waals surface area contributed by atoms with Crippen LogP contribution in [0.25, 0.3) is 11.0 Å². The lowest BCUT2D eigenvalue weighted by atomic mass is 10.3. The molecule has 114 valence electrons. The van der Waals surface area contributed by atoms with E-state index in [0.717, 1.165) is 34.2 Å². The van der Waals surface area contributed by atoms with Crippen LogP contribution in [0, 0.1) is 0 Å². The number of aryl methyl sites for hydroxylation is 1. The molecule has 22 heavy (non-hydrogen) atoms. The molecule has 2 heterocycles. The van der Waals surface area contributed by atoms with Crippen molar-refractivity contribution in [2.75, 3.05) is 5.75 Å². The van der Waals surface area contributed by atoms with Gasteiger partial charge in [0.05, 0.1) is 11.0 Å². The lowest BCUT2D eigenvalue weighted by molar-refractivity contribution is 0.679. The zero-order valence-corrected chi connectivity index (χ0v) is 12.9. The van der Waals surface area contributed by atoms with Crippen LogP contribution in [0.3, 0.4) is 0 Å². The maximum atomic E-state index is 12.0. The fourth-order valence-corrected chi connectivity index (χ4v) is 3.31. The average Bonchev–Trinajstić information content (AvgIpc) is 3.18. The van der Waals surface area contributed by atoms with Crippen LogP contribution in [0.2, 0.25) is 0 Å². The normalized spacial score (nSPS) is 14.7. The van der Waals surface area contributed by atoms with Crippen molar-refractivity contribution >= 4 is 22.8 Å². The molecule has 3 aromatic rings. The number of rotatable bonds is 6. The van der Waals surface area contributed by atoms with Gasteiger partial charge in [-0.15, -0.1) is 5.10 Å². The first-order valence-corrected chi connectivity index (χ1v) is 8.52. The van der Waals surface area contributed by atoms with Crippen molar-refractivity contribution in [3.63, 3.8) is 0 Å². The van der Waals surface area contributed by atoms with Gasteiger partial charge in [-0.05, 0) is 31.4 Å². The monoisotopic (exact) mass is 315 g/mol. The standard InChI is InChI=1S/C15H17N5OS/c21-15-16-11-4-1-2-5-12(11)20(15)8-3-9-22-14-17-13(18-19-14)10-6-7-10/h1-2,4-5,10H,3,6-9H2,(H,16,21)(H,17,18,19). The third-order valence-electron chi connectivity index (χ3n) is 3.89. The summed E-state index contributed by atoms with van der Waals surface area (Å²) in [6.45, 7) is 0.704. The summed E-state index contributed by atoms with van der Waals surface area (Å²) in [5.41, 5.74) is 1.81. The van der Waals surface area contributed by atoms with Crippen LogP contribution in [0.4, 0.5) is 0 Å². The van der Waals surface area contributed by atoms with E-state index < -0.39 is 0 Å². The molecule has 4 rings (SSSR count). The van der Waals surface area contributed by atoms with Crippen molar-refractivity contribution in [2.24, 2.45) is 0 Å². The Morgan fingerprint density at radius 3 is 3.05 bits per heavy atom. The van der Waals surface area contributed by atoms with E-state index in [2.05, 4.69) is 20.2 Å². The van der Waals surface area contributed by atoms with Gasteiger partial charge < -0.3 is 4.98 Å². The highest BCUT2D eigenvalue weighted by Crippen LogP contribution is 2.38. The van der Waals surface area contributed by atoms with E-state index >= 15 is 0 Å². The summed E-state index contributed by atoms with van der Waals surface area (Å²) in [5.74, 6) is 2.52. The van der Waals surface area contributed by atoms with E-state index in [0.29, 0.717) is 12.5 Å². The van der Waals surface area contributed by atoms with Gasteiger partial charge in [-0.25, -0.2) is 9.78 Å². The number of nitrogens with zero attached hydrogens (tertiary/aromatic N) is 3. The van der Waals surface area contributed by atoms with Crippen molar-refractivity contribution in [1.29, 1.82) is 0 Å². The molecule has 0 amide bonds. The van der Waals surface area contributed by atoms with E-state index in [1.807, 2.05) is 24.3 Å². The van der Waals surface area contributed by atoms with Crippen molar-refractivity contribution in [1.82, 2.24) is 24.7 Å². The average molecular weight is 315 g/mol. The lowest BCUT2D eigenvalue weighted by Gasteiger charge is -2.02. The van der Waals surface area contributed by atoms with Gasteiger partial charge >= 0.3 is 5.69 Å². The van der Waals surface area contributed by atoms with Crippen LogP contribution in [0.5, 0.6) is 0 Å². The molecular formula is C15H17N5OS. The summed E-state index contributed by atoms with van der Waals surface area (Å²) in [4.78, 5) is 19.3. The number of thioether (sulfide) groups is 1. The Bertz CT molecular complexity index is 845. The predicted molar refractivity (Wildman–Crippen MR) is 86.3 cm³/mol. The number of hydrogen-bond donors (Lipinski definition) is 2. The highest BCUT2D eigenvalue weighted by atomic mass is 32.2. The fraction of sp³-hybridized carbons (Fsp3) is 0.400. The smallest absolute Gasteiger partial charge is 0.306 e. The highest BCUT2D eigenvalue weighted by Gasteiger charge is 2.27. The molecule has 0 saturated heterocycles. The first-order valence-electron chi connectivity index (χ1n) is 7.54. The number of imidazole rings is 1. The second kappa shape index (κ2) is 5.64. The molecule has 0 spiro atoms. The van der Waals surface area contributed by atoms with E-state index in [4.69, 9.17) is 0 Å². The van der Waals surface area contributed by atoms with Gasteiger partial charge in [0.1, 0.15) is 5.82 Å². The van der Waals surface area contributed by atoms with Crippen LogP contribution < -0.4 is 5.69 Å². The minimum atomic E-state index is -0.0416. The van der Waals surface area contributed by atoms with E-state index in [1.165, 1.54) is 12.8 Å². The SMILES string of the molecule is O=c1[nH]c2ccccc2n1CCCSc1n[nH]c(C2CC2)n1. The molecular weight excluding hydrogens is 298 g/mol. The number of aromatic amines is 2. The van der Waals surface area contributed by atoms with Crippen LogP contribution in [-0.4, -0.2) is 30.5 Å². The van der Waals surface area contributed by atoms with Gasteiger partial charge in [0.2, 0.25) is 5.16 Å². The summed E-state index contributed by atoms with van der Waals surface area (Å²) in [6, 6.07) is 7.78. The Labute approximate surface area is 131 Å². The topological polar surface area (TPSA) is 79.4 Å². The number of H-pyrrole nitrogens is 2. The van der Waals surface area contributed by atoms with Gasteiger partial charge in [-0.3, -0.25) is 9.67 Å². The second-order valence-corrected chi connectivity index (χ2v) is 6.64. The van der Waals surface area contributed by atoms with E-state index in [9.17, 15) is 4.79 Å². The molecule has 1 saturated carbocycles. The highest BCUT2D eigenvalue weighted by molar-refractivity contribution is 7.99. The minimum absolute atomic E-state index is 0.0416. The molecule has 2 N–H and O–H groups in total. The molecule has 1 aliphatic carbocycles. The number of benzene rings is 1. The molecule has 7 heteroatoms. The van der Waals surface area contributed by atoms with Crippen LogP contribution >= 0.6 is 11.8 Å². The Hall–Kier alpha value is -2.02. The molecule has 0 radical (unpaired) electrons. The first kappa shape index (κ1) is 13.6. The van der Waals surface area contributed by atoms with Gasteiger partial charge in [-0.2, -0.15) is 0 Å². The lowest BCUT2D eigenvalue weighted by Crippen LogP contribution is -2.17. The van der Waals surface area contributed by atoms with E-state index in [1.54, 1.807) is 16.3 Å². The minimum Gasteiger partial charge on any atom is -0.306 e. The number of aromatic nitrogens is 5. The van der Waals surface area contributed by atoms with Crippen molar-refractivity contribution in [3.8, 4) is 0 Å². The first-order chi connectivity index (χ1) is 10.8. The van der Waals surface area contributed by atoms with Crippen molar-refractivity contribution < 1.29 is 0 Å². The summed E-state index contributed by atoms with van der Waals surface area (Å²) in [6.07, 6.45) is 3.35. The Balaban J connectivity index is 1.35. The summed E-state index contributed by atoms with van der Waals surface area (Å²) in [5, 5.41) is 8.06. The fourth-order valence-electron chi connectivity index (χ4n) is 2.58. The van der Waals surface area contributed by atoms with Gasteiger partial charge in [0.15, 0.2) is 0 Å². The van der Waals surface area contributed by atoms with Gasteiger partial charge in [0, 0.05) is 18.2 Å². The molecule has 1 aliphatic rings. The zero-order chi connectivity index (χ0) is 14.9. The zero-order valence-electron chi connectivity index (χ0n) is 12.1. The summed E-state index contributed by atoms with van der Waals surface area (Å²) in [7, 11) is 0. The maximum absolute atomic E-state index is 12.0. The quantitative estimate of drug-likeness (QED) is 0.541. The predicted octanol–water partition coefficient (Wildman–Crippen LogP) is 2.51. The molecule has 0 unspecified atom stereocenters. The third-order valence-corrected chi connectivity index (χ3v) is 4.82. The molecule has 0 atom stereocenters. The molecule has 0 bridgehead atoms. The van der Waals surface area contributed by atoms with Crippen LogP contribution in [0.1, 0.15) is 31.0 Å². The Kier molecular flexibility index (Phi) is 3.49. The molecule has 0 aliphatic heterocycles. The molecule has 1 fully saturated rings. The van der Waals surface area contributed by atoms with Gasteiger partial charge in [0.25, 0.3) is 0 Å². The largest absolute Gasteiger partial charge is 0.326 e. The third kappa shape index (κ3) is 2.68. The van der Waals surface area contributed by atoms with E-state index in [-0.39, 0.29) is 5.69 Å². The Morgan fingerprint density at radius 1 is 1.32 bits per heavy atom.